The van der Waals surface area contributed by atoms with Crippen molar-refractivity contribution in [2.75, 3.05) is 0 Å². The summed E-state index contributed by atoms with van der Waals surface area (Å²) in [6.45, 7) is 2.05. The molecule has 2 heterocycles. The molecule has 3 heteroatoms. The van der Waals surface area contributed by atoms with Crippen molar-refractivity contribution in [2.24, 2.45) is 0 Å². The number of aryl methyl sites for hydroxylation is 1. The van der Waals surface area contributed by atoms with Crippen molar-refractivity contribution in [3.05, 3.63) is 33.7 Å². The molecule has 2 nitrogen and oxygen atoms in total. The normalized spacial score (nSPS) is 10.7. The van der Waals surface area contributed by atoms with E-state index in [-0.39, 0.29) is 0 Å². The number of hydrogen-bond donors (Lipinski definition) is 0. The zero-order valence-corrected chi connectivity index (χ0v) is 8.24. The van der Waals surface area contributed by atoms with Crippen LogP contribution >= 0.6 is 22.6 Å². The van der Waals surface area contributed by atoms with E-state index in [1.807, 2.05) is 10.7 Å². The van der Waals surface area contributed by atoms with Crippen LogP contribution < -0.4 is 0 Å². The summed E-state index contributed by atoms with van der Waals surface area (Å²) < 4.78 is 3.15. The van der Waals surface area contributed by atoms with Crippen molar-refractivity contribution < 1.29 is 0 Å². The summed E-state index contributed by atoms with van der Waals surface area (Å²) in [4.78, 5) is 0. The Morgan fingerprint density at radius 2 is 2.27 bits per heavy atom. The summed E-state index contributed by atoms with van der Waals surface area (Å²) in [6.07, 6.45) is 1.88. The first-order valence-electron chi connectivity index (χ1n) is 3.38. The number of pyridine rings is 1. The lowest BCUT2D eigenvalue weighted by Crippen LogP contribution is -1.90. The Morgan fingerprint density at radius 3 is 3.00 bits per heavy atom. The second-order valence-electron chi connectivity index (χ2n) is 2.46. The van der Waals surface area contributed by atoms with Gasteiger partial charge < -0.3 is 0 Å². The lowest BCUT2D eigenvalue weighted by atomic mass is 10.3. The molecule has 0 spiro atoms. The van der Waals surface area contributed by atoms with E-state index in [0.717, 1.165) is 0 Å². The monoisotopic (exact) mass is 258 g/mol. The minimum absolute atomic E-state index is 1.17. The fourth-order valence-electron chi connectivity index (χ4n) is 1.12. The second-order valence-corrected chi connectivity index (χ2v) is 3.62. The first kappa shape index (κ1) is 7.09. The van der Waals surface area contributed by atoms with E-state index in [0.29, 0.717) is 0 Å². The maximum Gasteiger partial charge on any atom is 0.0798 e. The topological polar surface area (TPSA) is 17.3 Å². The van der Waals surface area contributed by atoms with Crippen LogP contribution in [0.3, 0.4) is 0 Å². The third-order valence-electron chi connectivity index (χ3n) is 1.69. The van der Waals surface area contributed by atoms with Crippen LogP contribution in [-0.4, -0.2) is 9.61 Å². The van der Waals surface area contributed by atoms with Crippen molar-refractivity contribution in [3.63, 3.8) is 0 Å². The maximum absolute atomic E-state index is 4.23. The first-order chi connectivity index (χ1) is 5.29. The van der Waals surface area contributed by atoms with Gasteiger partial charge in [-0.2, -0.15) is 5.10 Å². The summed E-state index contributed by atoms with van der Waals surface area (Å²) in [5.74, 6) is 0. The van der Waals surface area contributed by atoms with Gasteiger partial charge in [-0.1, -0.05) is 6.07 Å². The third kappa shape index (κ3) is 1.03. The van der Waals surface area contributed by atoms with E-state index >= 15 is 0 Å². The van der Waals surface area contributed by atoms with Crippen molar-refractivity contribution in [1.29, 1.82) is 0 Å². The van der Waals surface area contributed by atoms with E-state index in [1.54, 1.807) is 0 Å². The van der Waals surface area contributed by atoms with Gasteiger partial charge in [-0.3, -0.25) is 0 Å². The number of rotatable bonds is 0. The van der Waals surface area contributed by atoms with Gasteiger partial charge in [0, 0.05) is 5.69 Å². The third-order valence-corrected chi connectivity index (χ3v) is 2.52. The van der Waals surface area contributed by atoms with Gasteiger partial charge in [0.05, 0.1) is 15.3 Å². The summed E-state index contributed by atoms with van der Waals surface area (Å²) in [7, 11) is 0. The van der Waals surface area contributed by atoms with Crippen molar-refractivity contribution >= 4 is 28.1 Å². The molecule has 2 rings (SSSR count). The molecule has 2 aromatic rings. The largest absolute Gasteiger partial charge is 0.237 e. The molecule has 0 fully saturated rings. The molecular formula is C8H7IN2. The lowest BCUT2D eigenvalue weighted by Gasteiger charge is -1.96. The minimum atomic E-state index is 1.17. The molecule has 56 valence electrons. The van der Waals surface area contributed by atoms with Gasteiger partial charge in [-0.05, 0) is 41.6 Å². The van der Waals surface area contributed by atoms with Crippen LogP contribution in [-0.2, 0) is 0 Å². The average Bonchev–Trinajstić information content (AvgIpc) is 2.35. The second kappa shape index (κ2) is 2.48. The molecule has 0 aliphatic carbocycles. The van der Waals surface area contributed by atoms with Gasteiger partial charge in [0.2, 0.25) is 0 Å². The van der Waals surface area contributed by atoms with Gasteiger partial charge in [0.1, 0.15) is 0 Å². The van der Waals surface area contributed by atoms with E-state index in [9.17, 15) is 0 Å². The van der Waals surface area contributed by atoms with E-state index < -0.39 is 0 Å². The summed E-state index contributed by atoms with van der Waals surface area (Å²) >= 11 is 2.29. The molecule has 0 aliphatic heterocycles. The number of nitrogens with zero attached hydrogens (tertiary/aromatic N) is 2. The predicted molar refractivity (Wildman–Crippen MR) is 52.6 cm³/mol. The summed E-state index contributed by atoms with van der Waals surface area (Å²) in [5.41, 5.74) is 2.36. The highest BCUT2D eigenvalue weighted by atomic mass is 127. The molecule has 2 aromatic heterocycles. The Morgan fingerprint density at radius 1 is 1.45 bits per heavy atom. The average molecular weight is 258 g/mol. The summed E-state index contributed by atoms with van der Waals surface area (Å²) in [5, 5.41) is 4.23. The maximum atomic E-state index is 4.23. The Balaban J connectivity index is 2.94. The predicted octanol–water partition coefficient (Wildman–Crippen LogP) is 2.25. The Bertz CT molecular complexity index is 392. The van der Waals surface area contributed by atoms with Crippen LogP contribution in [0.2, 0.25) is 0 Å². The van der Waals surface area contributed by atoms with Crippen molar-refractivity contribution in [3.8, 4) is 0 Å². The highest BCUT2D eigenvalue weighted by molar-refractivity contribution is 14.1. The van der Waals surface area contributed by atoms with Crippen LogP contribution in [0.5, 0.6) is 0 Å². The van der Waals surface area contributed by atoms with E-state index in [1.165, 1.54) is 14.8 Å². The molecule has 0 radical (unpaired) electrons. The molecule has 0 aromatic carbocycles. The van der Waals surface area contributed by atoms with Crippen molar-refractivity contribution in [2.45, 2.75) is 6.92 Å². The van der Waals surface area contributed by atoms with Gasteiger partial charge in [0.25, 0.3) is 0 Å². The molecule has 0 atom stereocenters. The Kier molecular flexibility index (Phi) is 1.60. The highest BCUT2D eigenvalue weighted by Crippen LogP contribution is 2.13. The van der Waals surface area contributed by atoms with Crippen LogP contribution in [0, 0.1) is 10.5 Å². The molecule has 0 saturated heterocycles. The zero-order chi connectivity index (χ0) is 7.84. The highest BCUT2D eigenvalue weighted by Gasteiger charge is 1.99. The SMILES string of the molecule is Cc1cccc2c(I)cnn12. The summed E-state index contributed by atoms with van der Waals surface area (Å²) in [6, 6.07) is 6.17. The zero-order valence-electron chi connectivity index (χ0n) is 6.08. The van der Waals surface area contributed by atoms with E-state index in [2.05, 4.69) is 52.8 Å². The standard InChI is InChI=1S/C8H7IN2/c1-6-3-2-4-8-7(9)5-10-11(6)8/h2-5H,1H3. The van der Waals surface area contributed by atoms with Gasteiger partial charge in [-0.15, -0.1) is 0 Å². The molecule has 0 unspecified atom stereocenters. The smallest absolute Gasteiger partial charge is 0.0798 e. The molecule has 0 N–H and O–H groups in total. The molecule has 0 bridgehead atoms. The first-order valence-corrected chi connectivity index (χ1v) is 4.46. The number of fused-ring (bicyclic) bond motifs is 1. The number of aromatic nitrogens is 2. The molecular weight excluding hydrogens is 251 g/mol. The van der Waals surface area contributed by atoms with Crippen molar-refractivity contribution in [1.82, 2.24) is 9.61 Å². The fourth-order valence-corrected chi connectivity index (χ4v) is 1.65. The molecule has 11 heavy (non-hydrogen) atoms. The molecule has 0 saturated carbocycles. The lowest BCUT2D eigenvalue weighted by molar-refractivity contribution is 0.915. The Labute approximate surface area is 78.4 Å². The molecule has 0 amide bonds. The van der Waals surface area contributed by atoms with Crippen LogP contribution in [0.25, 0.3) is 5.52 Å². The van der Waals surface area contributed by atoms with Crippen LogP contribution in [0.1, 0.15) is 5.69 Å². The quantitative estimate of drug-likeness (QED) is 0.662. The number of halogens is 1. The van der Waals surface area contributed by atoms with E-state index in [4.69, 9.17) is 0 Å². The minimum Gasteiger partial charge on any atom is -0.237 e. The number of hydrogen-bond acceptors (Lipinski definition) is 1. The van der Waals surface area contributed by atoms with Gasteiger partial charge in [0.15, 0.2) is 0 Å². The molecule has 0 aliphatic rings. The van der Waals surface area contributed by atoms with Crippen LogP contribution in [0.4, 0.5) is 0 Å². The van der Waals surface area contributed by atoms with Gasteiger partial charge >= 0.3 is 0 Å². The fraction of sp³-hybridized carbons (Fsp3) is 0.125. The van der Waals surface area contributed by atoms with Gasteiger partial charge in [-0.25, -0.2) is 4.52 Å². The Hall–Kier alpha value is -0.580. The van der Waals surface area contributed by atoms with Crippen LogP contribution in [0.15, 0.2) is 24.4 Å².